The van der Waals surface area contributed by atoms with Crippen molar-refractivity contribution in [3.05, 3.63) is 63.0 Å². The van der Waals surface area contributed by atoms with E-state index in [0.29, 0.717) is 62.6 Å². The molecule has 7 rings (SSSR count). The third-order valence-corrected chi connectivity index (χ3v) is 7.98. The lowest BCUT2D eigenvalue weighted by molar-refractivity contribution is -0.0530. The van der Waals surface area contributed by atoms with Crippen LogP contribution in [0.3, 0.4) is 0 Å². The normalized spacial score (nSPS) is 19.4. The number of nitrogens with zero attached hydrogens (tertiary/aromatic N) is 7. The zero-order valence-corrected chi connectivity index (χ0v) is 22.4. The van der Waals surface area contributed by atoms with E-state index in [-0.39, 0.29) is 11.5 Å². The van der Waals surface area contributed by atoms with Gasteiger partial charge in [0.2, 0.25) is 11.8 Å². The first-order chi connectivity index (χ1) is 18.4. The molecule has 2 atom stereocenters. The predicted octanol–water partition coefficient (Wildman–Crippen LogP) is 3.60. The lowest BCUT2D eigenvalue weighted by atomic mass is 9.88. The number of anilines is 2. The van der Waals surface area contributed by atoms with E-state index in [2.05, 4.69) is 42.3 Å². The number of pyridine rings is 1. The molecular weight excluding hydrogens is 527 g/mol. The molecule has 0 aliphatic carbocycles. The van der Waals surface area contributed by atoms with Crippen molar-refractivity contribution in [3.8, 4) is 17.0 Å². The van der Waals surface area contributed by atoms with Crippen LogP contribution in [0.5, 0.6) is 5.88 Å². The zero-order valence-electron chi connectivity index (χ0n) is 20.9. The van der Waals surface area contributed by atoms with E-state index in [1.54, 1.807) is 49.6 Å². The molecule has 2 unspecified atom stereocenters. The van der Waals surface area contributed by atoms with Crippen LogP contribution in [-0.2, 0) is 7.05 Å². The Hall–Kier alpha value is -3.31. The molecule has 3 aromatic heterocycles. The fraction of sp³-hybridized carbons (Fsp3) is 0.346. The molecule has 3 saturated heterocycles. The summed E-state index contributed by atoms with van der Waals surface area (Å²) < 4.78 is 7.25. The van der Waals surface area contributed by atoms with E-state index < -0.39 is 0 Å². The summed E-state index contributed by atoms with van der Waals surface area (Å²) in [6.45, 7) is 3.62. The van der Waals surface area contributed by atoms with Crippen molar-refractivity contribution in [2.24, 2.45) is 7.05 Å². The highest BCUT2D eigenvalue weighted by Crippen LogP contribution is 2.34. The van der Waals surface area contributed by atoms with Gasteiger partial charge in [0.25, 0.3) is 5.56 Å². The second-order valence-corrected chi connectivity index (χ2v) is 10.5. The van der Waals surface area contributed by atoms with Gasteiger partial charge in [0.1, 0.15) is 12.3 Å². The van der Waals surface area contributed by atoms with Crippen molar-refractivity contribution in [3.63, 3.8) is 0 Å². The summed E-state index contributed by atoms with van der Waals surface area (Å²) in [5.74, 6) is 1.20. The Morgan fingerprint density at radius 3 is 2.53 bits per heavy atom. The average Bonchev–Trinajstić information content (AvgIpc) is 2.92. The largest absolute Gasteiger partial charge is 0.475 e. The van der Waals surface area contributed by atoms with Gasteiger partial charge in [-0.3, -0.25) is 19.2 Å². The smallest absolute Gasteiger partial charge is 0.259 e. The average molecular weight is 553 g/mol. The molecule has 1 aromatic carbocycles. The molecule has 1 N–H and O–H groups in total. The number of hydrogen-bond acceptors (Lipinski definition) is 9. The van der Waals surface area contributed by atoms with Gasteiger partial charge in [-0.25, -0.2) is 4.98 Å². The lowest BCUT2D eigenvalue weighted by Crippen LogP contribution is -2.67. The van der Waals surface area contributed by atoms with Gasteiger partial charge in [-0.05, 0) is 37.7 Å². The number of fused-ring (bicyclic) bond motifs is 3. The number of ether oxygens (including phenoxy) is 1. The van der Waals surface area contributed by atoms with Gasteiger partial charge < -0.3 is 10.1 Å². The molecular formula is C26H26Cl2N8O2. The van der Waals surface area contributed by atoms with E-state index >= 15 is 0 Å². The van der Waals surface area contributed by atoms with Gasteiger partial charge in [0.05, 0.1) is 15.6 Å². The molecule has 0 radical (unpaired) electrons. The number of likely N-dealkylation sites (N-methyl/N-ethyl adjacent to an activating group) is 1. The first-order valence-corrected chi connectivity index (χ1v) is 13.1. The lowest BCUT2D eigenvalue weighted by Gasteiger charge is -2.54. The third-order valence-electron chi connectivity index (χ3n) is 7.35. The SMILES string of the molecule is CN1C2CC1CN(CCOc1ccc(Nc3ncc4cc(-c5c(Cl)cccc5Cl)c(=O)n(C)c4n3)nn1)C2. The monoisotopic (exact) mass is 552 g/mol. The van der Waals surface area contributed by atoms with Crippen LogP contribution in [0.2, 0.25) is 10.0 Å². The highest BCUT2D eigenvalue weighted by molar-refractivity contribution is 6.39. The Balaban J connectivity index is 1.13. The van der Waals surface area contributed by atoms with Crippen LogP contribution in [0.1, 0.15) is 6.42 Å². The number of halogens is 2. The molecule has 3 aliphatic rings. The van der Waals surface area contributed by atoms with Crippen LogP contribution in [0.15, 0.2) is 47.4 Å². The Kier molecular flexibility index (Phi) is 6.65. The molecule has 6 heterocycles. The summed E-state index contributed by atoms with van der Waals surface area (Å²) in [7, 11) is 3.85. The maximum Gasteiger partial charge on any atom is 0.259 e. The highest BCUT2D eigenvalue weighted by Gasteiger charge is 2.41. The number of hydrogen-bond donors (Lipinski definition) is 1. The molecule has 4 aromatic rings. The third kappa shape index (κ3) is 4.69. The second-order valence-electron chi connectivity index (χ2n) is 9.69. The van der Waals surface area contributed by atoms with E-state index in [4.69, 9.17) is 27.9 Å². The van der Waals surface area contributed by atoms with Crippen LogP contribution in [0, 0.1) is 0 Å². The van der Waals surface area contributed by atoms with Gasteiger partial charge in [-0.15, -0.1) is 10.2 Å². The van der Waals surface area contributed by atoms with Gasteiger partial charge in [0, 0.05) is 62.0 Å². The zero-order chi connectivity index (χ0) is 26.4. The summed E-state index contributed by atoms with van der Waals surface area (Å²) >= 11 is 12.7. The van der Waals surface area contributed by atoms with Crippen LogP contribution >= 0.6 is 23.2 Å². The van der Waals surface area contributed by atoms with Gasteiger partial charge in [0.15, 0.2) is 5.82 Å². The quantitative estimate of drug-likeness (QED) is 0.368. The molecule has 3 aliphatic heterocycles. The van der Waals surface area contributed by atoms with E-state index in [9.17, 15) is 4.79 Å². The molecule has 0 spiro atoms. The Morgan fingerprint density at radius 1 is 1.08 bits per heavy atom. The number of benzene rings is 1. The predicted molar refractivity (Wildman–Crippen MR) is 147 cm³/mol. The van der Waals surface area contributed by atoms with Crippen molar-refractivity contribution in [2.45, 2.75) is 18.5 Å². The fourth-order valence-electron chi connectivity index (χ4n) is 5.17. The fourth-order valence-corrected chi connectivity index (χ4v) is 5.77. The van der Waals surface area contributed by atoms with Crippen molar-refractivity contribution in [2.75, 3.05) is 38.6 Å². The number of piperidine rings is 1. The molecule has 2 bridgehead atoms. The Morgan fingerprint density at radius 2 is 1.84 bits per heavy atom. The molecule has 0 amide bonds. The van der Waals surface area contributed by atoms with Crippen LogP contribution in [0.4, 0.5) is 11.8 Å². The number of piperazine rings is 1. The summed E-state index contributed by atoms with van der Waals surface area (Å²) in [4.78, 5) is 26.9. The second kappa shape index (κ2) is 10.1. The van der Waals surface area contributed by atoms with Crippen LogP contribution in [-0.4, -0.2) is 79.9 Å². The van der Waals surface area contributed by atoms with Gasteiger partial charge in [-0.2, -0.15) is 4.98 Å². The molecule has 3 fully saturated rings. The summed E-state index contributed by atoms with van der Waals surface area (Å²) in [5, 5.41) is 12.8. The minimum Gasteiger partial charge on any atom is -0.475 e. The van der Waals surface area contributed by atoms with Gasteiger partial charge >= 0.3 is 0 Å². The number of rotatable bonds is 7. The molecule has 10 nitrogen and oxygen atoms in total. The number of aryl methyl sites for hydroxylation is 1. The summed E-state index contributed by atoms with van der Waals surface area (Å²) in [6, 6.07) is 11.7. The minimum atomic E-state index is -0.271. The van der Waals surface area contributed by atoms with Crippen LogP contribution < -0.4 is 15.6 Å². The maximum absolute atomic E-state index is 13.1. The summed E-state index contributed by atoms with van der Waals surface area (Å²) in [6.07, 6.45) is 2.94. The van der Waals surface area contributed by atoms with Crippen molar-refractivity contribution >= 4 is 46.0 Å². The standard InChI is InChI=1S/C26H26Cl2N8O2/c1-34-16-11-17(34)14-36(13-16)8-9-38-22-7-6-21(32-33-22)30-26-29-12-15-10-18(25(37)35(2)24(15)31-26)23-19(27)4-3-5-20(23)28/h3-7,10,12,16-17H,8-9,11,13-14H2,1-2H3,(H,29,30,31,32). The molecule has 196 valence electrons. The first kappa shape index (κ1) is 25.0. The Labute approximate surface area is 229 Å². The Bertz CT molecular complexity index is 1530. The van der Waals surface area contributed by atoms with Crippen molar-refractivity contribution in [1.29, 1.82) is 0 Å². The maximum atomic E-state index is 13.1. The van der Waals surface area contributed by atoms with Crippen LogP contribution in [0.25, 0.3) is 22.2 Å². The molecule has 38 heavy (non-hydrogen) atoms. The van der Waals surface area contributed by atoms with E-state index in [1.165, 1.54) is 11.0 Å². The minimum absolute atomic E-state index is 0.271. The highest BCUT2D eigenvalue weighted by atomic mass is 35.5. The van der Waals surface area contributed by atoms with E-state index in [1.807, 2.05) is 0 Å². The van der Waals surface area contributed by atoms with Crippen molar-refractivity contribution < 1.29 is 4.74 Å². The molecule has 0 saturated carbocycles. The summed E-state index contributed by atoms with van der Waals surface area (Å²) in [5.41, 5.74) is 1.05. The van der Waals surface area contributed by atoms with E-state index in [0.717, 1.165) is 19.6 Å². The van der Waals surface area contributed by atoms with Gasteiger partial charge in [-0.1, -0.05) is 29.3 Å². The number of aromatic nitrogens is 5. The first-order valence-electron chi connectivity index (χ1n) is 12.4. The topological polar surface area (TPSA) is 101 Å². The molecule has 12 heteroatoms. The van der Waals surface area contributed by atoms with Crippen molar-refractivity contribution in [1.82, 2.24) is 34.5 Å². The number of nitrogens with one attached hydrogen (secondary N) is 1.